The largest absolute Gasteiger partial charge is 0.455 e. The summed E-state index contributed by atoms with van der Waals surface area (Å²) in [6, 6.07) is 0. The molecule has 0 aromatic carbocycles. The Hall–Kier alpha value is -0.650. The van der Waals surface area contributed by atoms with Crippen molar-refractivity contribution in [3.8, 4) is 0 Å². The molecule has 1 N–H and O–H groups in total. The number of aliphatic hydroxyl groups excluding tert-OH is 1. The molecule has 0 bridgehead atoms. The molecule has 0 spiro atoms. The summed E-state index contributed by atoms with van der Waals surface area (Å²) in [6.45, 7) is 0. The van der Waals surface area contributed by atoms with Gasteiger partial charge in [0, 0.05) is 0 Å². The Labute approximate surface area is 47.1 Å². The van der Waals surface area contributed by atoms with Crippen LogP contribution in [0, 0.1) is 0 Å². The van der Waals surface area contributed by atoms with Crippen LogP contribution in [-0.2, 0) is 4.79 Å². The predicted octanol–water partition coefficient (Wildman–Crippen LogP) is 0.406. The van der Waals surface area contributed by atoms with E-state index >= 15 is 0 Å². The molecule has 0 fully saturated rings. The average Bonchev–Trinajstić information content (AvgIpc) is 1.62. The van der Waals surface area contributed by atoms with Crippen LogP contribution >= 0.6 is 0 Å². The molecule has 6 heteroatoms. The molecule has 0 amide bonds. The second-order valence-electron chi connectivity index (χ2n) is 1.20. The van der Waals surface area contributed by atoms with Crippen LogP contribution in [-0.4, -0.2) is 23.4 Å². The Bertz CT molecular complexity index is 115. The Kier molecular flexibility index (Phi) is 2.13. The highest BCUT2D eigenvalue weighted by molar-refractivity contribution is 5.86. The smallest absolute Gasteiger partial charge is 0.358 e. The van der Waals surface area contributed by atoms with E-state index in [4.69, 9.17) is 5.11 Å². The summed E-state index contributed by atoms with van der Waals surface area (Å²) in [6.07, 6.45) is -8.74. The molecule has 0 radical (unpaired) electrons. The van der Waals surface area contributed by atoms with Crippen LogP contribution in [0.1, 0.15) is 0 Å². The van der Waals surface area contributed by atoms with E-state index < -0.39 is 18.3 Å². The van der Waals surface area contributed by atoms with Crippen molar-refractivity contribution in [1.82, 2.24) is 0 Å². The molecule has 0 saturated heterocycles. The number of rotatable bonds is 1. The van der Waals surface area contributed by atoms with Crippen molar-refractivity contribution in [2.24, 2.45) is 0 Å². The van der Waals surface area contributed by atoms with Crippen molar-refractivity contribution >= 4 is 5.78 Å². The maximum absolute atomic E-state index is 11.1. The summed E-state index contributed by atoms with van der Waals surface area (Å²) >= 11 is 0. The van der Waals surface area contributed by atoms with Gasteiger partial charge in [-0.1, -0.05) is 0 Å². The third-order valence-electron chi connectivity index (χ3n) is 0.496. The number of alkyl halides is 4. The second kappa shape index (κ2) is 2.30. The number of hydrogen-bond acceptors (Lipinski definition) is 2. The van der Waals surface area contributed by atoms with Gasteiger partial charge in [0.25, 0.3) is 12.1 Å². The molecule has 0 aliphatic heterocycles. The second-order valence-corrected chi connectivity index (χ2v) is 1.20. The molecule has 54 valence electrons. The molecule has 0 aromatic rings. The zero-order chi connectivity index (χ0) is 7.65. The molecule has 0 rings (SSSR count). The monoisotopic (exact) mass is 146 g/mol. The zero-order valence-electron chi connectivity index (χ0n) is 3.94. The van der Waals surface area contributed by atoms with Gasteiger partial charge in [-0.2, -0.15) is 13.2 Å². The third-order valence-corrected chi connectivity index (χ3v) is 0.496. The highest BCUT2D eigenvalue weighted by Crippen LogP contribution is 2.17. The SMILES string of the molecule is O=C(C(O)F)C(F)(F)F. The third kappa shape index (κ3) is 2.41. The van der Waals surface area contributed by atoms with Crippen LogP contribution < -0.4 is 0 Å². The fourth-order valence-corrected chi connectivity index (χ4v) is 0.135. The first kappa shape index (κ1) is 8.35. The Balaban J connectivity index is 4.06. The lowest BCUT2D eigenvalue weighted by atomic mass is 10.4. The van der Waals surface area contributed by atoms with Crippen LogP contribution in [0.4, 0.5) is 17.6 Å². The summed E-state index contributed by atoms with van der Waals surface area (Å²) < 4.78 is 43.9. The maximum Gasteiger partial charge on any atom is 0.455 e. The van der Waals surface area contributed by atoms with Crippen molar-refractivity contribution in [2.75, 3.05) is 0 Å². The van der Waals surface area contributed by atoms with Gasteiger partial charge in [-0.3, -0.25) is 4.79 Å². The zero-order valence-corrected chi connectivity index (χ0v) is 3.94. The Morgan fingerprint density at radius 3 is 1.78 bits per heavy atom. The number of ketones is 1. The first-order valence-corrected chi connectivity index (χ1v) is 1.79. The van der Waals surface area contributed by atoms with E-state index in [0.717, 1.165) is 0 Å². The summed E-state index contributed by atoms with van der Waals surface area (Å²) in [5.41, 5.74) is 0. The van der Waals surface area contributed by atoms with Gasteiger partial charge in [-0.15, -0.1) is 0 Å². The van der Waals surface area contributed by atoms with Gasteiger partial charge in [0.05, 0.1) is 0 Å². The molecule has 0 heterocycles. The van der Waals surface area contributed by atoms with Crippen molar-refractivity contribution in [3.05, 3.63) is 0 Å². The molecule has 1 unspecified atom stereocenters. The molecular weight excluding hydrogens is 144 g/mol. The van der Waals surface area contributed by atoms with E-state index in [-0.39, 0.29) is 0 Å². The summed E-state index contributed by atoms with van der Waals surface area (Å²) in [7, 11) is 0. The quantitative estimate of drug-likeness (QED) is 0.544. The number of carbonyl (C=O) groups excluding carboxylic acids is 1. The highest BCUT2D eigenvalue weighted by Gasteiger charge is 2.43. The van der Waals surface area contributed by atoms with Crippen molar-refractivity contribution in [2.45, 2.75) is 12.5 Å². The number of carbonyl (C=O) groups is 1. The molecule has 0 aliphatic carbocycles. The molecule has 0 saturated carbocycles. The lowest BCUT2D eigenvalue weighted by Gasteiger charge is -2.02. The van der Waals surface area contributed by atoms with Crippen molar-refractivity contribution in [1.29, 1.82) is 0 Å². The maximum atomic E-state index is 11.1. The van der Waals surface area contributed by atoms with Crippen LogP contribution in [0.3, 0.4) is 0 Å². The molecule has 9 heavy (non-hydrogen) atoms. The summed E-state index contributed by atoms with van der Waals surface area (Å²) in [5, 5.41) is 7.42. The fourth-order valence-electron chi connectivity index (χ4n) is 0.135. The molecule has 1 atom stereocenters. The van der Waals surface area contributed by atoms with E-state index in [0.29, 0.717) is 0 Å². The van der Waals surface area contributed by atoms with Crippen LogP contribution in [0.2, 0.25) is 0 Å². The van der Waals surface area contributed by atoms with Gasteiger partial charge in [-0.05, 0) is 0 Å². The van der Waals surface area contributed by atoms with Gasteiger partial charge in [0.1, 0.15) is 0 Å². The van der Waals surface area contributed by atoms with Gasteiger partial charge < -0.3 is 5.11 Å². The highest BCUT2D eigenvalue weighted by atomic mass is 19.4. The fraction of sp³-hybridized carbons (Fsp3) is 0.667. The summed E-state index contributed by atoms with van der Waals surface area (Å²) in [4.78, 5) is 9.41. The minimum absolute atomic E-state index is 2.78. The average molecular weight is 146 g/mol. The molecular formula is C3H2F4O2. The number of aliphatic hydroxyl groups is 1. The number of Topliss-reactive ketones (excluding diaryl/α,β-unsaturated/α-hetero) is 1. The Morgan fingerprint density at radius 1 is 1.44 bits per heavy atom. The Morgan fingerprint density at radius 2 is 1.78 bits per heavy atom. The molecule has 2 nitrogen and oxygen atoms in total. The van der Waals surface area contributed by atoms with E-state index in [1.807, 2.05) is 0 Å². The van der Waals surface area contributed by atoms with Crippen molar-refractivity contribution < 1.29 is 27.5 Å². The van der Waals surface area contributed by atoms with Gasteiger partial charge >= 0.3 is 6.18 Å². The van der Waals surface area contributed by atoms with E-state index in [2.05, 4.69) is 0 Å². The van der Waals surface area contributed by atoms with Crippen LogP contribution in [0.25, 0.3) is 0 Å². The predicted molar refractivity (Wildman–Crippen MR) is 18.2 cm³/mol. The number of halogens is 4. The van der Waals surface area contributed by atoms with Gasteiger partial charge in [-0.25, -0.2) is 4.39 Å². The van der Waals surface area contributed by atoms with E-state index in [9.17, 15) is 22.4 Å². The lowest BCUT2D eigenvalue weighted by molar-refractivity contribution is -0.187. The van der Waals surface area contributed by atoms with E-state index in [1.54, 1.807) is 0 Å². The summed E-state index contributed by atoms with van der Waals surface area (Å²) in [5.74, 6) is -2.78. The standard InChI is InChI=1S/C3H2F4O2/c4-2(9)1(8)3(5,6)7/h2,9H. The van der Waals surface area contributed by atoms with E-state index in [1.165, 1.54) is 0 Å². The first-order valence-electron chi connectivity index (χ1n) is 1.79. The lowest BCUT2D eigenvalue weighted by Crippen LogP contribution is -2.31. The van der Waals surface area contributed by atoms with Crippen molar-refractivity contribution in [3.63, 3.8) is 0 Å². The van der Waals surface area contributed by atoms with Crippen LogP contribution in [0.15, 0.2) is 0 Å². The minimum atomic E-state index is -5.28. The molecule has 0 aliphatic rings. The molecule has 0 aromatic heterocycles. The normalized spacial score (nSPS) is 15.2. The van der Waals surface area contributed by atoms with Gasteiger partial charge in [0.2, 0.25) is 0 Å². The number of hydrogen-bond donors (Lipinski definition) is 1. The van der Waals surface area contributed by atoms with Crippen LogP contribution in [0.5, 0.6) is 0 Å². The first-order chi connectivity index (χ1) is 3.85. The topological polar surface area (TPSA) is 37.3 Å². The minimum Gasteiger partial charge on any atom is -0.358 e. The van der Waals surface area contributed by atoms with Gasteiger partial charge in [0.15, 0.2) is 0 Å².